The molecule has 0 saturated heterocycles. The van der Waals surface area contributed by atoms with Crippen molar-refractivity contribution in [1.82, 2.24) is 15.3 Å². The SMILES string of the molecule is C=CC(F)(F)c1nc(Nc2ccc(Cl)cc2C)ncc1C(=O)NC1CCC1. The lowest BCUT2D eigenvalue weighted by Crippen LogP contribution is -2.40. The van der Waals surface area contributed by atoms with Crippen LogP contribution in [0.15, 0.2) is 37.1 Å². The Labute approximate surface area is 160 Å². The summed E-state index contributed by atoms with van der Waals surface area (Å²) in [6.07, 6.45) is 4.28. The summed E-state index contributed by atoms with van der Waals surface area (Å²) in [6.45, 7) is 4.97. The van der Waals surface area contributed by atoms with Crippen LogP contribution >= 0.6 is 11.6 Å². The van der Waals surface area contributed by atoms with Crippen molar-refractivity contribution >= 4 is 29.1 Å². The Kier molecular flexibility index (Phi) is 5.41. The summed E-state index contributed by atoms with van der Waals surface area (Å²) in [4.78, 5) is 20.3. The van der Waals surface area contributed by atoms with Gasteiger partial charge in [-0.3, -0.25) is 4.79 Å². The first-order chi connectivity index (χ1) is 12.8. The molecule has 1 aromatic carbocycles. The molecular formula is C19H19ClF2N4O. The van der Waals surface area contributed by atoms with Crippen LogP contribution in [0.1, 0.15) is 40.9 Å². The molecule has 142 valence electrons. The average molecular weight is 393 g/mol. The molecule has 0 radical (unpaired) electrons. The zero-order valence-corrected chi connectivity index (χ0v) is 15.5. The number of hydrogen-bond acceptors (Lipinski definition) is 4. The van der Waals surface area contributed by atoms with E-state index < -0.39 is 17.5 Å². The van der Waals surface area contributed by atoms with Crippen LogP contribution in [-0.2, 0) is 5.92 Å². The van der Waals surface area contributed by atoms with Gasteiger partial charge >= 0.3 is 5.92 Å². The molecule has 8 heteroatoms. The molecule has 1 aliphatic rings. The third kappa shape index (κ3) is 4.24. The summed E-state index contributed by atoms with van der Waals surface area (Å²) in [5.74, 6) is -4.12. The van der Waals surface area contributed by atoms with Crippen LogP contribution < -0.4 is 10.6 Å². The van der Waals surface area contributed by atoms with Crippen molar-refractivity contribution in [1.29, 1.82) is 0 Å². The molecule has 0 atom stereocenters. The Morgan fingerprint density at radius 3 is 2.74 bits per heavy atom. The van der Waals surface area contributed by atoms with Gasteiger partial charge in [-0.05, 0) is 56.0 Å². The molecule has 0 bridgehead atoms. The van der Waals surface area contributed by atoms with E-state index in [0.29, 0.717) is 16.8 Å². The molecule has 1 aliphatic carbocycles. The van der Waals surface area contributed by atoms with E-state index >= 15 is 0 Å². The number of carbonyl (C=O) groups excluding carboxylic acids is 1. The van der Waals surface area contributed by atoms with E-state index in [4.69, 9.17) is 11.6 Å². The van der Waals surface area contributed by atoms with Crippen LogP contribution in [0.2, 0.25) is 5.02 Å². The first-order valence-corrected chi connectivity index (χ1v) is 8.91. The highest BCUT2D eigenvalue weighted by molar-refractivity contribution is 6.30. The minimum atomic E-state index is -3.47. The van der Waals surface area contributed by atoms with Crippen molar-refractivity contribution in [2.75, 3.05) is 5.32 Å². The van der Waals surface area contributed by atoms with Gasteiger partial charge in [0.05, 0.1) is 5.56 Å². The number of hydrogen-bond donors (Lipinski definition) is 2. The number of anilines is 2. The van der Waals surface area contributed by atoms with E-state index in [0.717, 1.165) is 31.0 Å². The summed E-state index contributed by atoms with van der Waals surface area (Å²) < 4.78 is 28.7. The van der Waals surface area contributed by atoms with Crippen molar-refractivity contribution in [3.05, 3.63) is 58.9 Å². The topological polar surface area (TPSA) is 66.9 Å². The Morgan fingerprint density at radius 2 is 2.15 bits per heavy atom. The van der Waals surface area contributed by atoms with E-state index in [9.17, 15) is 13.6 Å². The zero-order valence-electron chi connectivity index (χ0n) is 14.7. The quantitative estimate of drug-likeness (QED) is 0.696. The third-order valence-electron chi connectivity index (χ3n) is 4.48. The lowest BCUT2D eigenvalue weighted by Gasteiger charge is -2.27. The third-order valence-corrected chi connectivity index (χ3v) is 4.72. The van der Waals surface area contributed by atoms with E-state index in [1.54, 1.807) is 18.2 Å². The highest BCUT2D eigenvalue weighted by Crippen LogP contribution is 2.32. The summed E-state index contributed by atoms with van der Waals surface area (Å²) in [5, 5.41) is 6.17. The Bertz CT molecular complexity index is 884. The predicted molar refractivity (Wildman–Crippen MR) is 101 cm³/mol. The number of allylic oxidation sites excluding steroid dienone is 1. The number of aryl methyl sites for hydroxylation is 1. The second-order valence-corrected chi connectivity index (χ2v) is 6.90. The number of alkyl halides is 2. The number of nitrogens with zero attached hydrogens (tertiary/aromatic N) is 2. The molecule has 0 unspecified atom stereocenters. The van der Waals surface area contributed by atoms with Gasteiger partial charge in [0.1, 0.15) is 5.69 Å². The van der Waals surface area contributed by atoms with Crippen molar-refractivity contribution in [2.24, 2.45) is 0 Å². The highest BCUT2D eigenvalue weighted by atomic mass is 35.5. The molecule has 2 aromatic rings. The lowest BCUT2D eigenvalue weighted by atomic mass is 9.93. The smallest absolute Gasteiger partial charge is 0.308 e. The molecule has 5 nitrogen and oxygen atoms in total. The molecule has 27 heavy (non-hydrogen) atoms. The molecule has 1 amide bonds. The number of nitrogens with one attached hydrogen (secondary N) is 2. The molecule has 3 rings (SSSR count). The largest absolute Gasteiger partial charge is 0.349 e. The fourth-order valence-electron chi connectivity index (χ4n) is 2.66. The lowest BCUT2D eigenvalue weighted by molar-refractivity contribution is 0.0455. The summed E-state index contributed by atoms with van der Waals surface area (Å²) in [7, 11) is 0. The first-order valence-electron chi connectivity index (χ1n) is 8.53. The van der Waals surface area contributed by atoms with Gasteiger partial charge in [-0.1, -0.05) is 18.2 Å². The second-order valence-electron chi connectivity index (χ2n) is 6.47. The van der Waals surface area contributed by atoms with Crippen LogP contribution in [0, 0.1) is 6.92 Å². The summed E-state index contributed by atoms with van der Waals surface area (Å²) in [5.41, 5.74) is 0.484. The van der Waals surface area contributed by atoms with Gasteiger partial charge in [0.15, 0.2) is 0 Å². The van der Waals surface area contributed by atoms with E-state index in [2.05, 4.69) is 27.2 Å². The summed E-state index contributed by atoms with van der Waals surface area (Å²) >= 11 is 5.92. The monoisotopic (exact) mass is 392 g/mol. The molecular weight excluding hydrogens is 374 g/mol. The van der Waals surface area contributed by atoms with Crippen molar-refractivity contribution in [3.63, 3.8) is 0 Å². The fraction of sp³-hybridized carbons (Fsp3) is 0.316. The normalized spacial score (nSPS) is 14.4. The number of benzene rings is 1. The molecule has 0 spiro atoms. The number of amides is 1. The fourth-order valence-corrected chi connectivity index (χ4v) is 2.89. The molecule has 1 aromatic heterocycles. The van der Waals surface area contributed by atoms with Gasteiger partial charge in [-0.15, -0.1) is 0 Å². The van der Waals surface area contributed by atoms with Crippen LogP contribution in [0.25, 0.3) is 0 Å². The number of rotatable bonds is 6. The molecule has 1 heterocycles. The van der Waals surface area contributed by atoms with Gasteiger partial charge in [0.2, 0.25) is 5.95 Å². The second kappa shape index (κ2) is 7.60. The van der Waals surface area contributed by atoms with Crippen LogP contribution in [0.3, 0.4) is 0 Å². The minimum Gasteiger partial charge on any atom is -0.349 e. The van der Waals surface area contributed by atoms with Crippen LogP contribution in [-0.4, -0.2) is 21.9 Å². The Hall–Kier alpha value is -2.54. The Morgan fingerprint density at radius 1 is 1.41 bits per heavy atom. The maximum absolute atomic E-state index is 14.4. The highest BCUT2D eigenvalue weighted by Gasteiger charge is 2.35. The van der Waals surface area contributed by atoms with Crippen molar-refractivity contribution < 1.29 is 13.6 Å². The molecule has 1 fully saturated rings. The number of halogens is 3. The average Bonchev–Trinajstić information content (AvgIpc) is 2.60. The predicted octanol–water partition coefficient (Wildman–Crippen LogP) is 4.74. The van der Waals surface area contributed by atoms with E-state index in [1.165, 1.54) is 0 Å². The maximum atomic E-state index is 14.4. The molecule has 1 saturated carbocycles. The first kappa shape index (κ1) is 19.2. The summed E-state index contributed by atoms with van der Waals surface area (Å²) in [6, 6.07) is 5.10. The van der Waals surface area contributed by atoms with Gasteiger partial charge < -0.3 is 10.6 Å². The van der Waals surface area contributed by atoms with Gasteiger partial charge in [-0.25, -0.2) is 9.97 Å². The van der Waals surface area contributed by atoms with Gasteiger partial charge in [0.25, 0.3) is 5.91 Å². The van der Waals surface area contributed by atoms with Gasteiger partial charge in [0, 0.05) is 22.9 Å². The van der Waals surface area contributed by atoms with E-state index in [-0.39, 0.29) is 17.6 Å². The Balaban J connectivity index is 1.93. The maximum Gasteiger partial charge on any atom is 0.308 e. The van der Waals surface area contributed by atoms with Crippen LogP contribution in [0.5, 0.6) is 0 Å². The van der Waals surface area contributed by atoms with Crippen molar-refractivity contribution in [2.45, 2.75) is 38.2 Å². The number of aromatic nitrogens is 2. The molecule has 0 aliphatic heterocycles. The standard InChI is InChI=1S/C19H19ClF2N4O/c1-3-19(21,22)16-14(17(27)24-13-5-4-6-13)10-23-18(26-16)25-15-8-7-12(20)9-11(15)2/h3,7-10,13H,1,4-6H2,2H3,(H,24,27)(H,23,25,26). The minimum absolute atomic E-state index is 0.0113. The zero-order chi connectivity index (χ0) is 19.6. The van der Waals surface area contributed by atoms with Crippen molar-refractivity contribution in [3.8, 4) is 0 Å². The van der Waals surface area contributed by atoms with E-state index in [1.807, 2.05) is 6.92 Å². The number of carbonyl (C=O) groups is 1. The van der Waals surface area contributed by atoms with Gasteiger partial charge in [-0.2, -0.15) is 8.78 Å². The van der Waals surface area contributed by atoms with Crippen LogP contribution in [0.4, 0.5) is 20.4 Å². The molecule has 2 N–H and O–H groups in total.